The summed E-state index contributed by atoms with van der Waals surface area (Å²) in [5, 5.41) is 3.40. The van der Waals surface area contributed by atoms with Gasteiger partial charge in [-0.05, 0) is 26.3 Å². The van der Waals surface area contributed by atoms with Crippen LogP contribution in [0.1, 0.15) is 19.8 Å². The lowest BCUT2D eigenvalue weighted by atomic mass is 9.85. The zero-order chi connectivity index (χ0) is 7.03. The third-order valence-electron chi connectivity index (χ3n) is 2.73. The Morgan fingerprint density at radius 2 is 2.50 bits per heavy atom. The van der Waals surface area contributed by atoms with Gasteiger partial charge >= 0.3 is 0 Å². The highest BCUT2D eigenvalue weighted by molar-refractivity contribution is 4.92. The third-order valence-corrected chi connectivity index (χ3v) is 2.73. The summed E-state index contributed by atoms with van der Waals surface area (Å²) in [5.74, 6) is 0. The summed E-state index contributed by atoms with van der Waals surface area (Å²) in [4.78, 5) is 0. The van der Waals surface area contributed by atoms with Crippen molar-refractivity contribution < 1.29 is 4.74 Å². The Morgan fingerprint density at radius 3 is 3.00 bits per heavy atom. The Bertz CT molecular complexity index is 129. The second-order valence-electron chi connectivity index (χ2n) is 3.75. The Balaban J connectivity index is 2.03. The van der Waals surface area contributed by atoms with Crippen molar-refractivity contribution in [3.8, 4) is 0 Å². The van der Waals surface area contributed by atoms with E-state index in [4.69, 9.17) is 4.74 Å². The fourth-order valence-electron chi connectivity index (χ4n) is 2.14. The van der Waals surface area contributed by atoms with Crippen LogP contribution >= 0.6 is 0 Å². The van der Waals surface area contributed by atoms with Gasteiger partial charge in [-0.3, -0.25) is 0 Å². The molecule has 1 spiro atoms. The van der Waals surface area contributed by atoms with Crippen LogP contribution in [-0.2, 0) is 4.74 Å². The summed E-state index contributed by atoms with van der Waals surface area (Å²) in [6.45, 7) is 5.53. The lowest BCUT2D eigenvalue weighted by Crippen LogP contribution is -2.23. The van der Waals surface area contributed by atoms with Crippen molar-refractivity contribution in [2.75, 3.05) is 19.7 Å². The molecule has 2 aliphatic rings. The zero-order valence-corrected chi connectivity index (χ0v) is 6.52. The second kappa shape index (κ2) is 2.21. The Labute approximate surface area is 61.9 Å². The predicted molar refractivity (Wildman–Crippen MR) is 40.0 cm³/mol. The van der Waals surface area contributed by atoms with E-state index in [0.717, 1.165) is 6.61 Å². The minimum atomic E-state index is 0.500. The van der Waals surface area contributed by atoms with Crippen LogP contribution in [0.15, 0.2) is 0 Å². The fourth-order valence-corrected chi connectivity index (χ4v) is 2.14. The molecule has 2 aliphatic heterocycles. The van der Waals surface area contributed by atoms with E-state index in [1.54, 1.807) is 0 Å². The smallest absolute Gasteiger partial charge is 0.0553 e. The number of rotatable bonds is 0. The van der Waals surface area contributed by atoms with Gasteiger partial charge in [0.1, 0.15) is 0 Å². The lowest BCUT2D eigenvalue weighted by molar-refractivity contribution is 0.109. The highest BCUT2D eigenvalue weighted by Gasteiger charge is 2.40. The van der Waals surface area contributed by atoms with Gasteiger partial charge < -0.3 is 10.1 Å². The third kappa shape index (κ3) is 0.956. The van der Waals surface area contributed by atoms with Crippen molar-refractivity contribution >= 4 is 0 Å². The number of hydrogen-bond donors (Lipinski definition) is 1. The maximum atomic E-state index is 5.55. The summed E-state index contributed by atoms with van der Waals surface area (Å²) in [5.41, 5.74) is 0.527. The molecule has 2 atom stereocenters. The first kappa shape index (κ1) is 6.62. The molecule has 0 bridgehead atoms. The highest BCUT2D eigenvalue weighted by Crippen LogP contribution is 2.37. The molecule has 2 heteroatoms. The van der Waals surface area contributed by atoms with E-state index in [1.807, 2.05) is 0 Å². The molecule has 0 aromatic heterocycles. The van der Waals surface area contributed by atoms with Crippen LogP contribution in [0, 0.1) is 5.41 Å². The molecule has 0 aliphatic carbocycles. The van der Waals surface area contributed by atoms with E-state index in [-0.39, 0.29) is 0 Å². The maximum Gasteiger partial charge on any atom is 0.0553 e. The molecule has 2 nitrogen and oxygen atoms in total. The molecule has 0 amide bonds. The van der Waals surface area contributed by atoms with Crippen LogP contribution in [0.4, 0.5) is 0 Å². The molecular weight excluding hydrogens is 126 g/mol. The van der Waals surface area contributed by atoms with Crippen LogP contribution in [0.3, 0.4) is 0 Å². The Morgan fingerprint density at radius 1 is 1.60 bits per heavy atom. The first-order valence-corrected chi connectivity index (χ1v) is 4.13. The molecule has 1 N–H and O–H groups in total. The van der Waals surface area contributed by atoms with E-state index in [9.17, 15) is 0 Å². The minimum Gasteiger partial charge on any atom is -0.378 e. The Hall–Kier alpha value is -0.0800. The number of ether oxygens (including phenoxy) is 1. The van der Waals surface area contributed by atoms with E-state index < -0.39 is 0 Å². The average molecular weight is 141 g/mol. The number of nitrogens with one attached hydrogen (secondary N) is 1. The van der Waals surface area contributed by atoms with E-state index in [1.165, 1.54) is 25.9 Å². The van der Waals surface area contributed by atoms with Crippen molar-refractivity contribution in [3.05, 3.63) is 0 Å². The van der Waals surface area contributed by atoms with Gasteiger partial charge in [-0.15, -0.1) is 0 Å². The summed E-state index contributed by atoms with van der Waals surface area (Å²) in [6, 6.07) is 0. The van der Waals surface area contributed by atoms with Crippen LogP contribution in [0.5, 0.6) is 0 Å². The van der Waals surface area contributed by atoms with E-state index in [0.29, 0.717) is 11.5 Å². The van der Waals surface area contributed by atoms with E-state index >= 15 is 0 Å². The zero-order valence-electron chi connectivity index (χ0n) is 6.52. The van der Waals surface area contributed by atoms with Gasteiger partial charge in [-0.1, -0.05) is 0 Å². The van der Waals surface area contributed by atoms with Gasteiger partial charge in [0.05, 0.1) is 12.7 Å². The molecule has 0 aromatic rings. The Kier molecular flexibility index (Phi) is 1.46. The van der Waals surface area contributed by atoms with Crippen molar-refractivity contribution in [3.63, 3.8) is 0 Å². The second-order valence-corrected chi connectivity index (χ2v) is 3.75. The quantitative estimate of drug-likeness (QED) is 0.538. The molecule has 0 unspecified atom stereocenters. The molecule has 58 valence electrons. The predicted octanol–water partition coefficient (Wildman–Crippen LogP) is 0.775. The average Bonchev–Trinajstić information content (AvgIpc) is 2.46. The van der Waals surface area contributed by atoms with Crippen LogP contribution in [0.2, 0.25) is 0 Å². The first-order chi connectivity index (χ1) is 4.81. The summed E-state index contributed by atoms with van der Waals surface area (Å²) < 4.78 is 5.55. The van der Waals surface area contributed by atoms with Gasteiger partial charge in [0.15, 0.2) is 0 Å². The van der Waals surface area contributed by atoms with Crippen molar-refractivity contribution in [2.24, 2.45) is 5.41 Å². The van der Waals surface area contributed by atoms with Gasteiger partial charge in [-0.25, -0.2) is 0 Å². The topological polar surface area (TPSA) is 21.3 Å². The van der Waals surface area contributed by atoms with Gasteiger partial charge in [0, 0.05) is 12.0 Å². The molecule has 2 heterocycles. The van der Waals surface area contributed by atoms with Crippen molar-refractivity contribution in [1.82, 2.24) is 5.32 Å². The summed E-state index contributed by atoms with van der Waals surface area (Å²) >= 11 is 0. The normalized spacial score (nSPS) is 47.1. The van der Waals surface area contributed by atoms with Gasteiger partial charge in [0.25, 0.3) is 0 Å². The molecular formula is C8H15NO. The molecule has 0 aromatic carbocycles. The largest absolute Gasteiger partial charge is 0.378 e. The summed E-state index contributed by atoms with van der Waals surface area (Å²) in [7, 11) is 0. The standard InChI is InChI=1S/C8H15NO/c1-7-4-8(6-10-7)2-3-9-5-8/h7,9H,2-6H2,1H3/t7-,8-/m1/s1. The van der Waals surface area contributed by atoms with Crippen molar-refractivity contribution in [1.29, 1.82) is 0 Å². The minimum absolute atomic E-state index is 0.500. The van der Waals surface area contributed by atoms with Gasteiger partial charge in [-0.2, -0.15) is 0 Å². The molecule has 0 saturated carbocycles. The monoisotopic (exact) mass is 141 g/mol. The van der Waals surface area contributed by atoms with Crippen LogP contribution in [0.25, 0.3) is 0 Å². The maximum absolute atomic E-state index is 5.55. The highest BCUT2D eigenvalue weighted by atomic mass is 16.5. The van der Waals surface area contributed by atoms with Gasteiger partial charge in [0.2, 0.25) is 0 Å². The van der Waals surface area contributed by atoms with Crippen molar-refractivity contribution in [2.45, 2.75) is 25.9 Å². The molecule has 2 saturated heterocycles. The van der Waals surface area contributed by atoms with Crippen LogP contribution in [-0.4, -0.2) is 25.8 Å². The summed E-state index contributed by atoms with van der Waals surface area (Å²) in [6.07, 6.45) is 3.08. The van der Waals surface area contributed by atoms with E-state index in [2.05, 4.69) is 12.2 Å². The SMILES string of the molecule is C[C@@H]1C[C@@]2(CCNC2)CO1. The van der Waals surface area contributed by atoms with Crippen LogP contribution < -0.4 is 5.32 Å². The molecule has 0 radical (unpaired) electrons. The molecule has 2 rings (SSSR count). The molecule has 2 fully saturated rings. The molecule has 10 heavy (non-hydrogen) atoms. The lowest BCUT2D eigenvalue weighted by Gasteiger charge is -2.17. The number of hydrogen-bond acceptors (Lipinski definition) is 2. The first-order valence-electron chi connectivity index (χ1n) is 4.13. The fraction of sp³-hybridized carbons (Fsp3) is 1.00.